The molecule has 0 saturated carbocycles. The Kier molecular flexibility index (Phi) is 14.5. The molecule has 2 aliphatic rings. The number of nitrogens with zero attached hydrogens (tertiary/aromatic N) is 2. The molecule has 2 fully saturated rings. The number of hydrogen-bond donors (Lipinski definition) is 2. The molecule has 0 amide bonds. The van der Waals surface area contributed by atoms with Crippen molar-refractivity contribution in [3.8, 4) is 0 Å². The Morgan fingerprint density at radius 2 is 1.52 bits per heavy atom. The van der Waals surface area contributed by atoms with Gasteiger partial charge in [0.25, 0.3) is 0 Å². The van der Waals surface area contributed by atoms with Crippen LogP contribution in [0, 0.1) is 11.8 Å². The third kappa shape index (κ3) is 11.4. The van der Waals surface area contributed by atoms with Crippen molar-refractivity contribution in [3.05, 3.63) is 0 Å². The van der Waals surface area contributed by atoms with E-state index in [2.05, 4.69) is 55.1 Å². The topological polar surface area (TPSA) is 39.8 Å². The summed E-state index contributed by atoms with van der Waals surface area (Å²) < 4.78 is 5.75. The summed E-state index contributed by atoms with van der Waals surface area (Å²) in [5.74, 6) is 1.67. The van der Waals surface area contributed by atoms with Gasteiger partial charge in [0.1, 0.15) is 0 Å². The quantitative estimate of drug-likeness (QED) is 0.275. The number of ether oxygens (including phenoxy) is 1. The van der Waals surface area contributed by atoms with Crippen LogP contribution >= 0.6 is 0 Å². The minimum atomic E-state index is 0.163. The number of hydrogen-bond acceptors (Lipinski definition) is 5. The van der Waals surface area contributed by atoms with Gasteiger partial charge < -0.3 is 15.4 Å². The van der Waals surface area contributed by atoms with E-state index >= 15 is 0 Å². The molecule has 0 aromatic carbocycles. The molecule has 2 saturated heterocycles. The van der Waals surface area contributed by atoms with Crippen LogP contribution in [0.2, 0.25) is 0 Å². The SMILES string of the molecule is CCCCC(CC)CN1CN(CC(CC)CCCC)CC(C)(NCCNCC2CCCO2)C1. The van der Waals surface area contributed by atoms with Gasteiger partial charge in [-0.15, -0.1) is 0 Å². The fraction of sp³-hybridized carbons (Fsp3) is 1.00. The smallest absolute Gasteiger partial charge is 0.0700 e. The van der Waals surface area contributed by atoms with Crippen molar-refractivity contribution in [3.63, 3.8) is 0 Å². The maximum absolute atomic E-state index is 5.75. The zero-order valence-corrected chi connectivity index (χ0v) is 23.0. The minimum Gasteiger partial charge on any atom is -0.377 e. The van der Waals surface area contributed by atoms with Gasteiger partial charge >= 0.3 is 0 Å². The molecule has 2 aliphatic heterocycles. The van der Waals surface area contributed by atoms with Gasteiger partial charge in [-0.05, 0) is 44.4 Å². The Morgan fingerprint density at radius 1 is 0.909 bits per heavy atom. The summed E-state index contributed by atoms with van der Waals surface area (Å²) in [6.45, 7) is 21.9. The van der Waals surface area contributed by atoms with Crippen molar-refractivity contribution < 1.29 is 4.74 Å². The summed E-state index contributed by atoms with van der Waals surface area (Å²) in [5, 5.41) is 7.59. The first-order valence-electron chi connectivity index (χ1n) is 14.5. The lowest BCUT2D eigenvalue weighted by atomic mass is 9.93. The van der Waals surface area contributed by atoms with E-state index in [4.69, 9.17) is 4.74 Å². The van der Waals surface area contributed by atoms with E-state index in [1.165, 1.54) is 90.4 Å². The third-order valence-corrected chi connectivity index (χ3v) is 7.91. The highest BCUT2D eigenvalue weighted by Crippen LogP contribution is 2.23. The van der Waals surface area contributed by atoms with E-state index in [9.17, 15) is 0 Å². The van der Waals surface area contributed by atoms with Crippen LogP contribution in [0.3, 0.4) is 0 Å². The van der Waals surface area contributed by atoms with Crippen LogP contribution in [0.15, 0.2) is 0 Å². The molecular formula is C28H58N4O. The molecule has 5 nitrogen and oxygen atoms in total. The molecule has 33 heavy (non-hydrogen) atoms. The number of rotatable bonds is 18. The molecule has 0 bridgehead atoms. The summed E-state index contributed by atoms with van der Waals surface area (Å²) >= 11 is 0. The average Bonchev–Trinajstić information content (AvgIpc) is 3.32. The van der Waals surface area contributed by atoms with Gasteiger partial charge in [-0.25, -0.2) is 0 Å². The summed E-state index contributed by atoms with van der Waals surface area (Å²) in [4.78, 5) is 5.54. The zero-order valence-electron chi connectivity index (χ0n) is 23.0. The molecule has 196 valence electrons. The van der Waals surface area contributed by atoms with Gasteiger partial charge in [0.15, 0.2) is 0 Å². The van der Waals surface area contributed by atoms with Crippen molar-refractivity contribution >= 4 is 0 Å². The Morgan fingerprint density at radius 3 is 2.00 bits per heavy atom. The predicted molar refractivity (Wildman–Crippen MR) is 143 cm³/mol. The van der Waals surface area contributed by atoms with Crippen molar-refractivity contribution in [2.24, 2.45) is 11.8 Å². The summed E-state index contributed by atoms with van der Waals surface area (Å²) in [6.07, 6.45) is 13.6. The molecule has 2 N–H and O–H groups in total. The van der Waals surface area contributed by atoms with Crippen LogP contribution in [0.25, 0.3) is 0 Å². The molecule has 0 aromatic rings. The van der Waals surface area contributed by atoms with Crippen LogP contribution in [0.5, 0.6) is 0 Å². The van der Waals surface area contributed by atoms with Crippen LogP contribution in [0.4, 0.5) is 0 Å². The highest BCUT2D eigenvalue weighted by atomic mass is 16.5. The first kappa shape index (κ1) is 29.0. The highest BCUT2D eigenvalue weighted by molar-refractivity contribution is 4.94. The molecule has 2 rings (SSSR count). The van der Waals surface area contributed by atoms with E-state index < -0.39 is 0 Å². The maximum atomic E-state index is 5.75. The van der Waals surface area contributed by atoms with Crippen molar-refractivity contribution in [1.29, 1.82) is 0 Å². The molecule has 5 heteroatoms. The molecule has 3 atom stereocenters. The fourth-order valence-electron chi connectivity index (χ4n) is 5.86. The van der Waals surface area contributed by atoms with E-state index in [1.807, 2.05) is 0 Å². The molecule has 0 aliphatic carbocycles. The number of unbranched alkanes of at least 4 members (excludes halogenated alkanes) is 2. The van der Waals surface area contributed by atoms with E-state index in [0.29, 0.717) is 6.10 Å². The minimum absolute atomic E-state index is 0.163. The van der Waals surface area contributed by atoms with Gasteiger partial charge in [-0.1, -0.05) is 66.2 Å². The molecule has 0 radical (unpaired) electrons. The normalized spacial score (nSPS) is 26.6. The van der Waals surface area contributed by atoms with E-state index in [0.717, 1.165) is 44.7 Å². The third-order valence-electron chi connectivity index (χ3n) is 7.91. The second kappa shape index (κ2) is 16.5. The second-order valence-corrected chi connectivity index (χ2v) is 11.3. The van der Waals surface area contributed by atoms with Crippen molar-refractivity contribution in [2.45, 2.75) is 110 Å². The highest BCUT2D eigenvalue weighted by Gasteiger charge is 2.35. The van der Waals surface area contributed by atoms with Crippen LogP contribution in [0.1, 0.15) is 98.8 Å². The Labute approximate surface area is 206 Å². The van der Waals surface area contributed by atoms with Crippen LogP contribution < -0.4 is 10.6 Å². The average molecular weight is 467 g/mol. The zero-order chi connectivity index (χ0) is 23.9. The molecular weight excluding hydrogens is 408 g/mol. The largest absolute Gasteiger partial charge is 0.377 e. The van der Waals surface area contributed by atoms with Crippen LogP contribution in [-0.4, -0.2) is 80.5 Å². The lowest BCUT2D eigenvalue weighted by molar-refractivity contribution is 0.00512. The van der Waals surface area contributed by atoms with Crippen molar-refractivity contribution in [1.82, 2.24) is 20.4 Å². The molecule has 0 spiro atoms. The van der Waals surface area contributed by atoms with Crippen LogP contribution in [-0.2, 0) is 4.74 Å². The standard InChI is InChI=1S/C28H58N4O/c1-6-10-13-25(8-3)20-31-22-28(5,30-17-16-29-19-27-15-12-18-33-27)23-32(24-31)21-26(9-4)14-11-7-2/h25-27,29-30H,6-24H2,1-5H3. The van der Waals surface area contributed by atoms with Gasteiger partial charge in [0, 0.05) is 58.0 Å². The van der Waals surface area contributed by atoms with Gasteiger partial charge in [0.2, 0.25) is 0 Å². The Hall–Kier alpha value is -0.200. The first-order chi connectivity index (χ1) is 16.0. The lowest BCUT2D eigenvalue weighted by Crippen LogP contribution is -2.65. The number of nitrogens with one attached hydrogen (secondary N) is 2. The fourth-order valence-corrected chi connectivity index (χ4v) is 5.86. The Bertz CT molecular complexity index is 457. The summed E-state index contributed by atoms with van der Waals surface area (Å²) in [7, 11) is 0. The Balaban J connectivity index is 1.90. The first-order valence-corrected chi connectivity index (χ1v) is 14.5. The summed E-state index contributed by atoms with van der Waals surface area (Å²) in [6, 6.07) is 0. The van der Waals surface area contributed by atoms with E-state index in [1.54, 1.807) is 0 Å². The maximum Gasteiger partial charge on any atom is 0.0700 e. The van der Waals surface area contributed by atoms with E-state index in [-0.39, 0.29) is 5.54 Å². The monoisotopic (exact) mass is 466 g/mol. The van der Waals surface area contributed by atoms with Gasteiger partial charge in [-0.3, -0.25) is 9.80 Å². The second-order valence-electron chi connectivity index (χ2n) is 11.3. The molecule has 2 heterocycles. The molecule has 0 aromatic heterocycles. The van der Waals surface area contributed by atoms with Crippen molar-refractivity contribution in [2.75, 3.05) is 59.1 Å². The molecule has 3 unspecified atom stereocenters. The van der Waals surface area contributed by atoms with Gasteiger partial charge in [-0.2, -0.15) is 0 Å². The van der Waals surface area contributed by atoms with Gasteiger partial charge in [0.05, 0.1) is 12.8 Å². The summed E-state index contributed by atoms with van der Waals surface area (Å²) in [5.41, 5.74) is 0.163. The lowest BCUT2D eigenvalue weighted by Gasteiger charge is -2.48. The predicted octanol–water partition coefficient (Wildman–Crippen LogP) is 5.11.